The molecule has 0 aliphatic carbocycles. The first-order valence-electron chi connectivity index (χ1n) is 39.9. The SMILES string of the molecule is Cn1c2ccccc2c2c[c-]c3ccccc3c21.Cn1c2ccccc2c2cc(-c3cc4c[c-]ccc4c4ccccc34)c3ccccc3c21.Cn1c2ccccc2c2cc(-c3ccc4c(ccc5c[c-]ccc54)c3)c3ccccc3c21.Cn1c2ccccc2c2cc(-c3ccc4ccc5[c-]ccc6ccc3c4c56)c3ccccc3c21.[Y].[Y].[Y].[Y]. The zero-order valence-electron chi connectivity index (χ0n) is 66.7. The van der Waals surface area contributed by atoms with E-state index in [1.807, 2.05) is 18.2 Å². The van der Waals surface area contributed by atoms with Gasteiger partial charge in [-0.2, -0.15) is 48.5 Å². The molecule has 8 heteroatoms. The maximum absolute atomic E-state index is 3.44. The molecule has 0 aliphatic heterocycles. The van der Waals surface area contributed by atoms with Crippen LogP contribution in [0.4, 0.5) is 0 Å². The van der Waals surface area contributed by atoms with E-state index in [9.17, 15) is 0 Å². The van der Waals surface area contributed by atoms with Gasteiger partial charge in [-0.15, -0.1) is 98.4 Å². The molecule has 556 valence electrons. The molecule has 4 aromatic heterocycles. The quantitative estimate of drug-likeness (QED) is 0.124. The topological polar surface area (TPSA) is 19.7 Å². The van der Waals surface area contributed by atoms with Gasteiger partial charge in [0.05, 0.1) is 16.6 Å². The zero-order chi connectivity index (χ0) is 77.0. The number of hydrogen-bond donors (Lipinski definition) is 0. The Labute approximate surface area is 794 Å². The number of rotatable bonds is 3. The third-order valence-corrected chi connectivity index (χ3v) is 25.1. The summed E-state index contributed by atoms with van der Waals surface area (Å²) in [6.07, 6.45) is 0. The number of benzene rings is 22. The average molecular weight is 1830 g/mol. The third-order valence-electron chi connectivity index (χ3n) is 25.1. The van der Waals surface area contributed by atoms with Crippen LogP contribution in [0.15, 0.2) is 364 Å². The molecule has 26 aromatic rings. The number of fused-ring (bicyclic) bond motifs is 26. The molecule has 0 saturated carbocycles. The Morgan fingerprint density at radius 1 is 0.192 bits per heavy atom. The van der Waals surface area contributed by atoms with E-state index in [0.29, 0.717) is 0 Å². The van der Waals surface area contributed by atoms with Crippen molar-refractivity contribution in [1.82, 2.24) is 18.3 Å². The number of para-hydroxylation sites is 4. The monoisotopic (exact) mass is 1830 g/mol. The largest absolute Gasteiger partial charge is 0.361 e. The van der Waals surface area contributed by atoms with Gasteiger partial charge >= 0.3 is 0 Å². The summed E-state index contributed by atoms with van der Waals surface area (Å²) in [6, 6.07) is 145. The molecule has 0 fully saturated rings. The molecule has 0 N–H and O–H groups in total. The summed E-state index contributed by atoms with van der Waals surface area (Å²) in [4.78, 5) is 0. The van der Waals surface area contributed by atoms with Gasteiger partial charge in [0.2, 0.25) is 0 Å². The van der Waals surface area contributed by atoms with Crippen LogP contribution in [0.3, 0.4) is 0 Å². The van der Waals surface area contributed by atoms with E-state index in [-0.39, 0.29) is 131 Å². The molecule has 22 aromatic carbocycles. The second-order valence-electron chi connectivity index (χ2n) is 31.1. The van der Waals surface area contributed by atoms with E-state index in [2.05, 4.69) is 417 Å². The van der Waals surface area contributed by atoms with Crippen molar-refractivity contribution in [3.63, 3.8) is 0 Å². The van der Waals surface area contributed by atoms with Crippen molar-refractivity contribution in [2.75, 3.05) is 0 Å². The predicted octanol–water partition coefficient (Wildman–Crippen LogP) is 29.6. The van der Waals surface area contributed by atoms with Gasteiger partial charge < -0.3 is 18.3 Å². The van der Waals surface area contributed by atoms with Gasteiger partial charge in [0.15, 0.2) is 0 Å². The fourth-order valence-corrected chi connectivity index (χ4v) is 19.9. The standard InChI is InChI=1S/C33H20N.2C31H20N.C17H12N.4Y/c1-34-30-12-5-4-10-25(30)29-19-28(23-9-2-3-11-27(23)33(29)34)24-17-15-22-14-13-20-7-6-8-21-16-18-26(24)32(22)31(20)21;1-32-30-17-9-8-15-25(30)29-19-28(24-14-6-7-16-26(24)31(29)32)27-18-20-10-2-3-11-21(20)22-12-4-5-13-23(22)27;1-32-30-13-7-6-11-26(30)29-19-28(25-10-4-5-12-27(25)31(29)32)22-16-17-24-21(18-22)15-14-20-8-2-3-9-23(20)24;1-18-16-9-5-4-8-14(16)15-11-10-12-6-2-3-7-13(12)17(15)18;;;;/h2-6,8-19H,1H3;2*3-19H,1H3;2-9,11H,1H3;;;;/q4*-1;;;;. The Hall–Kier alpha value is -10.4. The first kappa shape index (κ1) is 79.4. The molecule has 4 radical (unpaired) electrons. The molecular weight excluding hydrogens is 1760 g/mol. The molecule has 0 amide bonds. The molecule has 26 rings (SSSR count). The van der Waals surface area contributed by atoms with Crippen molar-refractivity contribution in [1.29, 1.82) is 0 Å². The van der Waals surface area contributed by atoms with Gasteiger partial charge in [-0.1, -0.05) is 247 Å². The number of nitrogens with zero attached hydrogens (tertiary/aromatic N) is 4. The Bertz CT molecular complexity index is 8600. The van der Waals surface area contributed by atoms with Crippen LogP contribution >= 0.6 is 0 Å². The van der Waals surface area contributed by atoms with Crippen molar-refractivity contribution in [3.8, 4) is 33.4 Å². The fraction of sp³-hybridized carbons (Fsp3) is 0.0357. The molecular formula is C112H72N4Y4-4. The van der Waals surface area contributed by atoms with Crippen molar-refractivity contribution >= 4 is 206 Å². The summed E-state index contributed by atoms with van der Waals surface area (Å²) < 4.78 is 9.29. The van der Waals surface area contributed by atoms with Gasteiger partial charge in [0.25, 0.3) is 0 Å². The summed E-state index contributed by atoms with van der Waals surface area (Å²) in [5.74, 6) is 0. The van der Waals surface area contributed by atoms with E-state index in [1.165, 1.54) is 239 Å². The normalized spacial score (nSPS) is 11.6. The summed E-state index contributed by atoms with van der Waals surface area (Å²) in [6.45, 7) is 0. The van der Waals surface area contributed by atoms with Gasteiger partial charge in [-0.05, 0) is 147 Å². The maximum atomic E-state index is 3.44. The van der Waals surface area contributed by atoms with Crippen LogP contribution in [0.5, 0.6) is 0 Å². The minimum atomic E-state index is 0. The number of aromatic nitrogens is 4. The van der Waals surface area contributed by atoms with Crippen LogP contribution in [0.2, 0.25) is 0 Å². The first-order valence-corrected chi connectivity index (χ1v) is 39.9. The summed E-state index contributed by atoms with van der Waals surface area (Å²) in [7, 11) is 8.67. The van der Waals surface area contributed by atoms with E-state index in [0.717, 1.165) is 0 Å². The van der Waals surface area contributed by atoms with Gasteiger partial charge in [0, 0.05) is 230 Å². The van der Waals surface area contributed by atoms with E-state index in [4.69, 9.17) is 0 Å². The second kappa shape index (κ2) is 32.2. The van der Waals surface area contributed by atoms with E-state index >= 15 is 0 Å². The smallest absolute Gasteiger partial charge is 0.0568 e. The summed E-state index contributed by atoms with van der Waals surface area (Å²) >= 11 is 0. The average Bonchev–Trinajstić information content (AvgIpc) is 1.26. The molecule has 0 spiro atoms. The maximum Gasteiger partial charge on any atom is 0.0568 e. The summed E-state index contributed by atoms with van der Waals surface area (Å²) in [5.41, 5.74) is 18.0. The molecule has 0 aliphatic rings. The van der Waals surface area contributed by atoms with Gasteiger partial charge in [0.1, 0.15) is 0 Å². The molecule has 120 heavy (non-hydrogen) atoms. The number of hydrogen-bond acceptors (Lipinski definition) is 0. The van der Waals surface area contributed by atoms with Crippen molar-refractivity contribution in [3.05, 3.63) is 388 Å². The Kier molecular flexibility index (Phi) is 21.3. The Morgan fingerprint density at radius 2 is 0.567 bits per heavy atom. The van der Waals surface area contributed by atoms with E-state index < -0.39 is 0 Å². The molecule has 0 unspecified atom stereocenters. The second-order valence-corrected chi connectivity index (χ2v) is 31.1. The Balaban J connectivity index is 0.000000107. The third kappa shape index (κ3) is 12.7. The van der Waals surface area contributed by atoms with Crippen LogP contribution in [-0.2, 0) is 159 Å². The van der Waals surface area contributed by atoms with Gasteiger partial charge in [-0.3, -0.25) is 0 Å². The predicted molar refractivity (Wildman–Crippen MR) is 497 cm³/mol. The molecule has 0 atom stereocenters. The zero-order valence-corrected chi connectivity index (χ0v) is 78.1. The van der Waals surface area contributed by atoms with Crippen molar-refractivity contribution in [2.24, 2.45) is 28.2 Å². The molecule has 0 bridgehead atoms. The van der Waals surface area contributed by atoms with Crippen LogP contribution in [-0.4, -0.2) is 18.3 Å². The van der Waals surface area contributed by atoms with Crippen LogP contribution < -0.4 is 0 Å². The Morgan fingerprint density at radius 3 is 1.12 bits per heavy atom. The minimum Gasteiger partial charge on any atom is -0.361 e. The van der Waals surface area contributed by atoms with Crippen LogP contribution in [0, 0.1) is 24.3 Å². The number of aryl methyl sites for hydroxylation is 4. The summed E-state index contributed by atoms with van der Waals surface area (Å²) in [5, 5.41) is 38.5. The van der Waals surface area contributed by atoms with Crippen LogP contribution in [0.25, 0.3) is 239 Å². The minimum absolute atomic E-state index is 0. The molecule has 4 nitrogen and oxygen atoms in total. The molecule has 4 heterocycles. The first-order chi connectivity index (χ1) is 57.3. The van der Waals surface area contributed by atoms with Gasteiger partial charge in [-0.25, -0.2) is 0 Å². The van der Waals surface area contributed by atoms with Crippen molar-refractivity contribution < 1.29 is 131 Å². The van der Waals surface area contributed by atoms with Crippen LogP contribution in [0.1, 0.15) is 0 Å². The van der Waals surface area contributed by atoms with Crippen molar-refractivity contribution in [2.45, 2.75) is 0 Å². The molecule has 0 saturated heterocycles. The fourth-order valence-electron chi connectivity index (χ4n) is 19.9. The van der Waals surface area contributed by atoms with E-state index in [1.54, 1.807) is 0 Å².